The average Bonchev–Trinajstić information content (AvgIpc) is 2.40. The van der Waals surface area contributed by atoms with Gasteiger partial charge in [0.2, 0.25) is 5.91 Å². The molecule has 6 heteroatoms. The Morgan fingerprint density at radius 1 is 1.48 bits per heavy atom. The van der Waals surface area contributed by atoms with Crippen LogP contribution in [0.3, 0.4) is 0 Å². The van der Waals surface area contributed by atoms with Gasteiger partial charge >= 0.3 is 5.97 Å². The van der Waals surface area contributed by atoms with E-state index in [9.17, 15) is 14.7 Å². The standard InChI is InChI=1S/C15H19IN2O3/c1-10-5-6-18(13(7-10)15(20)21)9-14(19)17-12-4-2-3-11(16)8-12/h2-4,8,10,13H,5-7,9H2,1H3,(H,17,19)(H,20,21). The van der Waals surface area contributed by atoms with E-state index in [1.165, 1.54) is 0 Å². The molecule has 1 heterocycles. The number of hydrogen-bond donors (Lipinski definition) is 2. The van der Waals surface area contributed by atoms with Gasteiger partial charge in [-0.25, -0.2) is 0 Å². The second-order valence-electron chi connectivity index (χ2n) is 5.51. The number of carboxylic acid groups (broad SMARTS) is 1. The van der Waals surface area contributed by atoms with E-state index >= 15 is 0 Å². The molecule has 0 spiro atoms. The van der Waals surface area contributed by atoms with Crippen LogP contribution >= 0.6 is 22.6 Å². The van der Waals surface area contributed by atoms with Crippen LogP contribution in [0.25, 0.3) is 0 Å². The van der Waals surface area contributed by atoms with Gasteiger partial charge in [-0.2, -0.15) is 0 Å². The van der Waals surface area contributed by atoms with Crippen LogP contribution in [0.2, 0.25) is 0 Å². The summed E-state index contributed by atoms with van der Waals surface area (Å²) in [5.41, 5.74) is 0.740. The number of anilines is 1. The zero-order chi connectivity index (χ0) is 15.4. The molecule has 114 valence electrons. The van der Waals surface area contributed by atoms with Crippen LogP contribution in [-0.2, 0) is 9.59 Å². The minimum absolute atomic E-state index is 0.120. The van der Waals surface area contributed by atoms with Gasteiger partial charge in [0.15, 0.2) is 0 Å². The van der Waals surface area contributed by atoms with Gasteiger partial charge in [0.05, 0.1) is 6.54 Å². The number of nitrogens with one attached hydrogen (secondary N) is 1. The van der Waals surface area contributed by atoms with Crippen LogP contribution in [0.15, 0.2) is 24.3 Å². The molecular weight excluding hydrogens is 383 g/mol. The first-order valence-corrected chi connectivity index (χ1v) is 8.06. The highest BCUT2D eigenvalue weighted by molar-refractivity contribution is 14.1. The number of hydrogen-bond acceptors (Lipinski definition) is 3. The van der Waals surface area contributed by atoms with Crippen LogP contribution < -0.4 is 5.32 Å². The molecule has 2 unspecified atom stereocenters. The van der Waals surface area contributed by atoms with E-state index in [1.807, 2.05) is 24.3 Å². The number of carbonyl (C=O) groups is 2. The maximum absolute atomic E-state index is 12.1. The van der Waals surface area contributed by atoms with Crippen molar-refractivity contribution in [2.24, 2.45) is 5.92 Å². The molecule has 2 atom stereocenters. The SMILES string of the molecule is CC1CCN(CC(=O)Nc2cccc(I)c2)C(C(=O)O)C1. The average molecular weight is 402 g/mol. The third kappa shape index (κ3) is 4.67. The normalized spacial score (nSPS) is 22.8. The van der Waals surface area contributed by atoms with Gasteiger partial charge in [-0.05, 0) is 66.1 Å². The summed E-state index contributed by atoms with van der Waals surface area (Å²) in [7, 11) is 0. The molecule has 0 aliphatic carbocycles. The lowest BCUT2D eigenvalue weighted by Crippen LogP contribution is -2.49. The van der Waals surface area contributed by atoms with E-state index in [4.69, 9.17) is 0 Å². The Morgan fingerprint density at radius 2 is 2.24 bits per heavy atom. The molecule has 1 amide bonds. The fourth-order valence-corrected chi connectivity index (χ4v) is 3.13. The molecule has 1 aliphatic rings. The van der Waals surface area contributed by atoms with Gasteiger partial charge in [0, 0.05) is 9.26 Å². The summed E-state index contributed by atoms with van der Waals surface area (Å²) in [6.07, 6.45) is 1.53. The van der Waals surface area contributed by atoms with E-state index in [0.29, 0.717) is 18.9 Å². The molecule has 0 bridgehead atoms. The molecule has 1 aliphatic heterocycles. The molecule has 0 radical (unpaired) electrons. The third-order valence-electron chi connectivity index (χ3n) is 3.72. The fraction of sp³-hybridized carbons (Fsp3) is 0.467. The van der Waals surface area contributed by atoms with Crippen LogP contribution in [0.1, 0.15) is 19.8 Å². The Kier molecular flexibility index (Phi) is 5.58. The molecule has 2 rings (SSSR count). The topological polar surface area (TPSA) is 69.6 Å². The van der Waals surface area contributed by atoms with Crippen molar-refractivity contribution in [2.75, 3.05) is 18.4 Å². The quantitative estimate of drug-likeness (QED) is 0.760. The first-order valence-electron chi connectivity index (χ1n) is 6.98. The number of carboxylic acids is 1. The summed E-state index contributed by atoms with van der Waals surface area (Å²) in [4.78, 5) is 25.2. The van der Waals surface area contributed by atoms with Crippen molar-refractivity contribution in [3.63, 3.8) is 0 Å². The maximum Gasteiger partial charge on any atom is 0.320 e. The predicted molar refractivity (Wildman–Crippen MR) is 89.2 cm³/mol. The molecule has 1 saturated heterocycles. The second kappa shape index (κ2) is 7.22. The van der Waals surface area contributed by atoms with Crippen LogP contribution in [0.4, 0.5) is 5.69 Å². The van der Waals surface area contributed by atoms with E-state index in [0.717, 1.165) is 15.7 Å². The van der Waals surface area contributed by atoms with Crippen molar-refractivity contribution in [3.05, 3.63) is 27.8 Å². The van der Waals surface area contributed by atoms with Gasteiger partial charge < -0.3 is 10.4 Å². The van der Waals surface area contributed by atoms with Crippen LogP contribution in [0, 0.1) is 9.49 Å². The van der Waals surface area contributed by atoms with Crippen molar-refractivity contribution < 1.29 is 14.7 Å². The van der Waals surface area contributed by atoms with Gasteiger partial charge in [-0.3, -0.25) is 14.5 Å². The molecule has 21 heavy (non-hydrogen) atoms. The van der Waals surface area contributed by atoms with E-state index in [-0.39, 0.29) is 12.5 Å². The highest BCUT2D eigenvalue weighted by Gasteiger charge is 2.32. The van der Waals surface area contributed by atoms with Gasteiger partial charge in [0.1, 0.15) is 6.04 Å². The van der Waals surface area contributed by atoms with Crippen LogP contribution in [-0.4, -0.2) is 41.0 Å². The zero-order valence-electron chi connectivity index (χ0n) is 11.9. The number of piperidine rings is 1. The minimum Gasteiger partial charge on any atom is -0.480 e. The lowest BCUT2D eigenvalue weighted by atomic mass is 9.92. The van der Waals surface area contributed by atoms with Gasteiger partial charge in [-0.15, -0.1) is 0 Å². The van der Waals surface area contributed by atoms with Crippen molar-refractivity contribution in [2.45, 2.75) is 25.8 Å². The number of carbonyl (C=O) groups excluding carboxylic acids is 1. The Bertz CT molecular complexity index is 535. The molecule has 1 aromatic rings. The zero-order valence-corrected chi connectivity index (χ0v) is 14.0. The Hall–Kier alpha value is -1.15. The molecule has 0 saturated carbocycles. The highest BCUT2D eigenvalue weighted by Crippen LogP contribution is 2.22. The number of likely N-dealkylation sites (tertiary alicyclic amines) is 1. The van der Waals surface area contributed by atoms with Gasteiger partial charge in [-0.1, -0.05) is 13.0 Å². The smallest absolute Gasteiger partial charge is 0.320 e. The lowest BCUT2D eigenvalue weighted by Gasteiger charge is -2.35. The monoisotopic (exact) mass is 402 g/mol. The largest absolute Gasteiger partial charge is 0.480 e. The molecule has 1 aromatic carbocycles. The summed E-state index contributed by atoms with van der Waals surface area (Å²) in [5.74, 6) is -0.623. The summed E-state index contributed by atoms with van der Waals surface area (Å²) in [6.45, 7) is 2.83. The van der Waals surface area contributed by atoms with Crippen molar-refractivity contribution in [1.29, 1.82) is 0 Å². The highest BCUT2D eigenvalue weighted by atomic mass is 127. The summed E-state index contributed by atoms with van der Waals surface area (Å²) in [6, 6.07) is 6.97. The summed E-state index contributed by atoms with van der Waals surface area (Å²) < 4.78 is 1.04. The Morgan fingerprint density at radius 3 is 2.90 bits per heavy atom. The van der Waals surface area contributed by atoms with Gasteiger partial charge in [0.25, 0.3) is 0 Å². The molecule has 2 N–H and O–H groups in total. The Balaban J connectivity index is 1.96. The molecule has 0 aromatic heterocycles. The van der Waals surface area contributed by atoms with Crippen LogP contribution in [0.5, 0.6) is 0 Å². The molecule has 1 fully saturated rings. The summed E-state index contributed by atoms with van der Waals surface area (Å²) in [5, 5.41) is 12.1. The number of aliphatic carboxylic acids is 1. The maximum atomic E-state index is 12.1. The predicted octanol–water partition coefficient (Wildman–Crippen LogP) is 2.41. The molecule has 5 nitrogen and oxygen atoms in total. The fourth-order valence-electron chi connectivity index (χ4n) is 2.59. The second-order valence-corrected chi connectivity index (χ2v) is 6.76. The number of rotatable bonds is 4. The van der Waals surface area contributed by atoms with E-state index in [2.05, 4.69) is 34.8 Å². The van der Waals surface area contributed by atoms with Crippen molar-refractivity contribution in [3.8, 4) is 0 Å². The lowest BCUT2D eigenvalue weighted by molar-refractivity contribution is -0.145. The third-order valence-corrected chi connectivity index (χ3v) is 4.39. The van der Waals surface area contributed by atoms with Crippen molar-refractivity contribution >= 4 is 40.2 Å². The summed E-state index contributed by atoms with van der Waals surface area (Å²) >= 11 is 2.18. The Labute approximate surface area is 137 Å². The first kappa shape index (κ1) is 16.2. The number of benzene rings is 1. The number of halogens is 1. The van der Waals surface area contributed by atoms with E-state index < -0.39 is 12.0 Å². The first-order chi connectivity index (χ1) is 9.95. The minimum atomic E-state index is -0.844. The molecular formula is C15H19IN2O3. The number of nitrogens with zero attached hydrogens (tertiary/aromatic N) is 1. The van der Waals surface area contributed by atoms with Crippen molar-refractivity contribution in [1.82, 2.24) is 4.90 Å². The van der Waals surface area contributed by atoms with E-state index in [1.54, 1.807) is 4.90 Å². The number of amides is 1.